The predicted molar refractivity (Wildman–Crippen MR) is 80.9 cm³/mol. The van der Waals surface area contributed by atoms with Gasteiger partial charge in [0, 0.05) is 15.5 Å². The second kappa shape index (κ2) is 5.52. The van der Waals surface area contributed by atoms with Gasteiger partial charge in [-0.1, -0.05) is 6.07 Å². The zero-order chi connectivity index (χ0) is 14.0. The molecule has 0 spiro atoms. The molecule has 1 aromatic heterocycles. The molecule has 19 heavy (non-hydrogen) atoms. The van der Waals surface area contributed by atoms with Crippen LogP contribution in [0.3, 0.4) is 0 Å². The molecule has 98 valence electrons. The minimum absolute atomic E-state index is 0.0591. The number of carboxylic acid groups (broad SMARTS) is 1. The highest BCUT2D eigenvalue weighted by Gasteiger charge is 2.13. The fourth-order valence-corrected chi connectivity index (χ4v) is 2.07. The van der Waals surface area contributed by atoms with Crippen LogP contribution in [0.4, 0.5) is 11.5 Å². The van der Waals surface area contributed by atoms with Gasteiger partial charge in [0.2, 0.25) is 0 Å². The van der Waals surface area contributed by atoms with Gasteiger partial charge in [0.05, 0.1) is 0 Å². The summed E-state index contributed by atoms with van der Waals surface area (Å²) in [6.07, 6.45) is 1.32. The summed E-state index contributed by atoms with van der Waals surface area (Å²) in [5, 5.41) is 12.2. The minimum Gasteiger partial charge on any atom is -0.477 e. The molecule has 0 saturated heterocycles. The topological polar surface area (TPSA) is 75.1 Å². The van der Waals surface area contributed by atoms with E-state index in [0.29, 0.717) is 11.6 Å². The van der Waals surface area contributed by atoms with Crippen molar-refractivity contribution in [2.45, 2.75) is 13.8 Å². The summed E-state index contributed by atoms with van der Waals surface area (Å²) in [4.78, 5) is 19.2. The van der Waals surface area contributed by atoms with Crippen molar-refractivity contribution in [2.24, 2.45) is 0 Å². The van der Waals surface area contributed by atoms with Gasteiger partial charge >= 0.3 is 5.97 Å². The molecule has 0 aliphatic carbocycles. The molecule has 5 nitrogen and oxygen atoms in total. The summed E-state index contributed by atoms with van der Waals surface area (Å²) >= 11 is 2.20. The number of aromatic carboxylic acids is 1. The number of anilines is 2. The molecule has 0 atom stereocenters. The lowest BCUT2D eigenvalue weighted by Gasteiger charge is -2.11. The van der Waals surface area contributed by atoms with E-state index >= 15 is 0 Å². The van der Waals surface area contributed by atoms with Gasteiger partial charge in [0.25, 0.3) is 0 Å². The SMILES string of the molecule is Cc1ncc(C(=O)O)c(Nc2cc(I)ccc2C)n1. The van der Waals surface area contributed by atoms with Crippen LogP contribution in [0.15, 0.2) is 24.4 Å². The second-order valence-electron chi connectivity index (χ2n) is 4.07. The number of carboxylic acids is 1. The summed E-state index contributed by atoms with van der Waals surface area (Å²) in [6, 6.07) is 5.90. The molecule has 0 fully saturated rings. The lowest BCUT2D eigenvalue weighted by molar-refractivity contribution is 0.0697. The molecular weight excluding hydrogens is 357 g/mol. The molecular formula is C13H12IN3O2. The Hall–Kier alpha value is -1.70. The number of carbonyl (C=O) groups is 1. The monoisotopic (exact) mass is 369 g/mol. The summed E-state index contributed by atoms with van der Waals surface area (Å²) in [6.45, 7) is 3.67. The molecule has 2 rings (SSSR count). The fraction of sp³-hybridized carbons (Fsp3) is 0.154. The molecule has 0 aliphatic heterocycles. The highest BCUT2D eigenvalue weighted by atomic mass is 127. The largest absolute Gasteiger partial charge is 0.477 e. The third-order valence-electron chi connectivity index (χ3n) is 2.59. The number of nitrogens with zero attached hydrogens (tertiary/aromatic N) is 2. The molecule has 1 heterocycles. The summed E-state index contributed by atoms with van der Waals surface area (Å²) < 4.78 is 1.06. The maximum Gasteiger partial charge on any atom is 0.341 e. The first-order valence-corrected chi connectivity index (χ1v) is 6.65. The number of rotatable bonds is 3. The Kier molecular flexibility index (Phi) is 3.98. The van der Waals surface area contributed by atoms with Crippen molar-refractivity contribution in [1.82, 2.24) is 9.97 Å². The van der Waals surface area contributed by atoms with Crippen molar-refractivity contribution in [2.75, 3.05) is 5.32 Å². The number of halogens is 1. The lowest BCUT2D eigenvalue weighted by atomic mass is 10.2. The van der Waals surface area contributed by atoms with Crippen LogP contribution in [0, 0.1) is 17.4 Å². The van der Waals surface area contributed by atoms with Crippen LogP contribution >= 0.6 is 22.6 Å². The number of benzene rings is 1. The van der Waals surface area contributed by atoms with E-state index in [1.165, 1.54) is 6.20 Å². The number of hydrogen-bond acceptors (Lipinski definition) is 4. The first kappa shape index (κ1) is 13.7. The van der Waals surface area contributed by atoms with Crippen molar-refractivity contribution in [3.05, 3.63) is 44.9 Å². The number of nitrogens with one attached hydrogen (secondary N) is 1. The van der Waals surface area contributed by atoms with Crippen LogP contribution in [-0.4, -0.2) is 21.0 Å². The average Bonchev–Trinajstić information content (AvgIpc) is 2.33. The van der Waals surface area contributed by atoms with Crippen molar-refractivity contribution in [3.8, 4) is 0 Å². The second-order valence-corrected chi connectivity index (χ2v) is 5.31. The highest BCUT2D eigenvalue weighted by Crippen LogP contribution is 2.23. The molecule has 2 N–H and O–H groups in total. The maximum atomic E-state index is 11.2. The van der Waals surface area contributed by atoms with Gasteiger partial charge in [-0.2, -0.15) is 0 Å². The van der Waals surface area contributed by atoms with Crippen LogP contribution in [-0.2, 0) is 0 Å². The number of hydrogen-bond donors (Lipinski definition) is 2. The smallest absolute Gasteiger partial charge is 0.341 e. The molecule has 0 bridgehead atoms. The van der Waals surface area contributed by atoms with Gasteiger partial charge in [-0.05, 0) is 54.1 Å². The van der Waals surface area contributed by atoms with Gasteiger partial charge in [0.15, 0.2) is 0 Å². The van der Waals surface area contributed by atoms with E-state index in [0.717, 1.165) is 14.8 Å². The van der Waals surface area contributed by atoms with Gasteiger partial charge < -0.3 is 10.4 Å². The molecule has 0 amide bonds. The Labute approximate surface area is 124 Å². The van der Waals surface area contributed by atoms with E-state index < -0.39 is 5.97 Å². The van der Waals surface area contributed by atoms with E-state index in [1.54, 1.807) is 6.92 Å². The minimum atomic E-state index is -1.05. The van der Waals surface area contributed by atoms with Gasteiger partial charge in [-0.25, -0.2) is 14.8 Å². The Morgan fingerprint density at radius 3 is 2.79 bits per heavy atom. The van der Waals surface area contributed by atoms with Crippen LogP contribution in [0.25, 0.3) is 0 Å². The van der Waals surface area contributed by atoms with Crippen LogP contribution < -0.4 is 5.32 Å². The highest BCUT2D eigenvalue weighted by molar-refractivity contribution is 14.1. The van der Waals surface area contributed by atoms with E-state index in [1.807, 2.05) is 25.1 Å². The van der Waals surface area contributed by atoms with Crippen LogP contribution in [0.5, 0.6) is 0 Å². The third kappa shape index (κ3) is 3.19. The van der Waals surface area contributed by atoms with Crippen molar-refractivity contribution in [3.63, 3.8) is 0 Å². The van der Waals surface area contributed by atoms with Gasteiger partial charge in [0.1, 0.15) is 17.2 Å². The van der Waals surface area contributed by atoms with Crippen LogP contribution in [0.2, 0.25) is 0 Å². The molecule has 2 aromatic rings. The normalized spacial score (nSPS) is 10.3. The molecule has 6 heteroatoms. The third-order valence-corrected chi connectivity index (χ3v) is 3.26. The van der Waals surface area contributed by atoms with Crippen molar-refractivity contribution >= 4 is 40.1 Å². The van der Waals surface area contributed by atoms with Gasteiger partial charge in [-0.15, -0.1) is 0 Å². The zero-order valence-corrected chi connectivity index (χ0v) is 12.6. The lowest BCUT2D eigenvalue weighted by Crippen LogP contribution is -2.08. The zero-order valence-electron chi connectivity index (χ0n) is 10.4. The van der Waals surface area contributed by atoms with Gasteiger partial charge in [-0.3, -0.25) is 0 Å². The first-order chi connectivity index (χ1) is 8.97. The fourth-order valence-electron chi connectivity index (χ4n) is 1.58. The Morgan fingerprint density at radius 2 is 2.11 bits per heavy atom. The summed E-state index contributed by atoms with van der Waals surface area (Å²) in [5.41, 5.74) is 1.92. The Balaban J connectivity index is 2.45. The summed E-state index contributed by atoms with van der Waals surface area (Å²) in [5.74, 6) is -0.216. The van der Waals surface area contributed by atoms with E-state index in [4.69, 9.17) is 5.11 Å². The number of aromatic nitrogens is 2. The van der Waals surface area contributed by atoms with Crippen LogP contribution in [0.1, 0.15) is 21.7 Å². The number of aryl methyl sites for hydroxylation is 2. The first-order valence-electron chi connectivity index (χ1n) is 5.57. The Morgan fingerprint density at radius 1 is 1.37 bits per heavy atom. The van der Waals surface area contributed by atoms with Crippen molar-refractivity contribution < 1.29 is 9.90 Å². The molecule has 1 aromatic carbocycles. The predicted octanol–water partition coefficient (Wildman–Crippen LogP) is 3.14. The molecule has 0 unspecified atom stereocenters. The standard InChI is InChI=1S/C13H12IN3O2/c1-7-3-4-9(14)5-11(7)17-12-10(13(18)19)6-15-8(2)16-12/h3-6H,1-2H3,(H,18,19)(H,15,16,17). The quantitative estimate of drug-likeness (QED) is 0.814. The molecule has 0 radical (unpaired) electrons. The van der Waals surface area contributed by atoms with E-state index in [-0.39, 0.29) is 5.56 Å². The van der Waals surface area contributed by atoms with Crippen molar-refractivity contribution in [1.29, 1.82) is 0 Å². The van der Waals surface area contributed by atoms with E-state index in [2.05, 4.69) is 37.9 Å². The maximum absolute atomic E-state index is 11.2. The Bertz CT molecular complexity index is 644. The van der Waals surface area contributed by atoms with E-state index in [9.17, 15) is 4.79 Å². The average molecular weight is 369 g/mol. The summed E-state index contributed by atoms with van der Waals surface area (Å²) in [7, 11) is 0. The molecule has 0 aliphatic rings. The molecule has 0 saturated carbocycles.